The monoisotopic (exact) mass is 266 g/mol. The lowest BCUT2D eigenvalue weighted by Crippen LogP contribution is -2.26. The number of alkyl halides is 3. The maximum absolute atomic E-state index is 12.5. The summed E-state index contributed by atoms with van der Waals surface area (Å²) in [6.45, 7) is 4.09. The number of hydrogen-bond donors (Lipinski definition) is 1. The smallest absolute Gasteiger partial charge is 0.330 e. The molecule has 96 valence electrons. The van der Waals surface area contributed by atoms with Gasteiger partial charge in [0.25, 0.3) is 0 Å². The molecule has 2 nitrogen and oxygen atoms in total. The molecule has 0 aliphatic heterocycles. The van der Waals surface area contributed by atoms with Crippen LogP contribution >= 0.6 is 11.6 Å². The molecule has 0 unspecified atom stereocenters. The molecule has 1 rings (SSSR count). The van der Waals surface area contributed by atoms with E-state index in [0.29, 0.717) is 18.5 Å². The van der Waals surface area contributed by atoms with Crippen molar-refractivity contribution in [1.29, 1.82) is 0 Å². The molecule has 6 heteroatoms. The molecule has 0 aliphatic rings. The van der Waals surface area contributed by atoms with Crippen molar-refractivity contribution in [2.75, 3.05) is 6.54 Å². The van der Waals surface area contributed by atoms with Crippen molar-refractivity contribution in [2.24, 2.45) is 11.1 Å². The number of nitrogens with two attached hydrogens (primary N) is 1. The van der Waals surface area contributed by atoms with E-state index in [2.05, 4.69) is 4.98 Å². The van der Waals surface area contributed by atoms with Crippen molar-refractivity contribution in [1.82, 2.24) is 4.98 Å². The van der Waals surface area contributed by atoms with Crippen LogP contribution in [0.5, 0.6) is 0 Å². The van der Waals surface area contributed by atoms with Gasteiger partial charge in [-0.3, -0.25) is 0 Å². The fraction of sp³-hybridized carbons (Fsp3) is 0.545. The van der Waals surface area contributed by atoms with Crippen LogP contribution in [0.3, 0.4) is 0 Å². The molecule has 0 aromatic carbocycles. The maximum Gasteiger partial charge on any atom is 0.417 e. The zero-order valence-electron chi connectivity index (χ0n) is 9.61. The molecule has 1 aromatic rings. The largest absolute Gasteiger partial charge is 0.417 e. The highest BCUT2D eigenvalue weighted by atomic mass is 35.5. The Bertz CT molecular complexity index is 402. The Morgan fingerprint density at radius 2 is 1.94 bits per heavy atom. The lowest BCUT2D eigenvalue weighted by Gasteiger charge is -2.23. The summed E-state index contributed by atoms with van der Waals surface area (Å²) in [5.41, 5.74) is 4.82. The fourth-order valence-electron chi connectivity index (χ4n) is 1.36. The van der Waals surface area contributed by atoms with Crippen LogP contribution in [0, 0.1) is 5.41 Å². The summed E-state index contributed by atoms with van der Waals surface area (Å²) in [7, 11) is 0. The fourth-order valence-corrected chi connectivity index (χ4v) is 1.53. The van der Waals surface area contributed by atoms with Crippen LogP contribution in [0.15, 0.2) is 12.3 Å². The number of pyridine rings is 1. The molecule has 0 radical (unpaired) electrons. The number of halogens is 4. The first-order chi connectivity index (χ1) is 7.65. The lowest BCUT2D eigenvalue weighted by molar-refractivity contribution is -0.137. The first kappa shape index (κ1) is 14.3. The van der Waals surface area contributed by atoms with E-state index < -0.39 is 11.7 Å². The summed E-state index contributed by atoms with van der Waals surface area (Å²) in [5.74, 6) is 0. The van der Waals surface area contributed by atoms with Gasteiger partial charge in [-0.15, -0.1) is 0 Å². The highest BCUT2D eigenvalue weighted by molar-refractivity contribution is 6.30. The maximum atomic E-state index is 12.5. The molecule has 0 fully saturated rings. The van der Waals surface area contributed by atoms with Crippen LogP contribution in [-0.4, -0.2) is 11.5 Å². The van der Waals surface area contributed by atoms with Gasteiger partial charge < -0.3 is 5.73 Å². The quantitative estimate of drug-likeness (QED) is 0.853. The minimum Gasteiger partial charge on any atom is -0.330 e. The van der Waals surface area contributed by atoms with E-state index in [1.165, 1.54) is 0 Å². The zero-order chi connectivity index (χ0) is 13.3. The van der Waals surface area contributed by atoms with Crippen LogP contribution in [0.2, 0.25) is 5.15 Å². The molecule has 0 bridgehead atoms. The van der Waals surface area contributed by atoms with Crippen LogP contribution < -0.4 is 5.73 Å². The van der Waals surface area contributed by atoms with Gasteiger partial charge in [-0.2, -0.15) is 13.2 Å². The third-order valence-electron chi connectivity index (χ3n) is 2.46. The van der Waals surface area contributed by atoms with Gasteiger partial charge in [0.1, 0.15) is 5.15 Å². The molecular weight excluding hydrogens is 253 g/mol. The van der Waals surface area contributed by atoms with E-state index >= 15 is 0 Å². The highest BCUT2D eigenvalue weighted by Crippen LogP contribution is 2.32. The van der Waals surface area contributed by atoms with E-state index in [0.717, 1.165) is 12.3 Å². The second kappa shape index (κ2) is 4.82. The van der Waals surface area contributed by atoms with Crippen LogP contribution in [0.4, 0.5) is 13.2 Å². The molecule has 1 aromatic heterocycles. The summed E-state index contributed by atoms with van der Waals surface area (Å²) in [5, 5.41) is 0.0968. The summed E-state index contributed by atoms with van der Waals surface area (Å²) >= 11 is 5.79. The summed E-state index contributed by atoms with van der Waals surface area (Å²) in [4.78, 5) is 3.57. The normalized spacial score (nSPS) is 12.9. The Balaban J connectivity index is 3.08. The second-order valence-corrected chi connectivity index (χ2v) is 5.07. The van der Waals surface area contributed by atoms with Crippen LogP contribution in [-0.2, 0) is 12.6 Å². The number of hydrogen-bond acceptors (Lipinski definition) is 2. The molecule has 0 amide bonds. The third-order valence-corrected chi connectivity index (χ3v) is 2.80. The Hall–Kier alpha value is -0.810. The molecule has 1 heterocycles. The molecule has 0 saturated carbocycles. The Labute approximate surface area is 103 Å². The molecule has 2 N–H and O–H groups in total. The first-order valence-corrected chi connectivity index (χ1v) is 5.45. The predicted octanol–water partition coefficient (Wildman–Crippen LogP) is 3.28. The molecule has 0 aliphatic carbocycles. The first-order valence-electron chi connectivity index (χ1n) is 5.07. The number of aromatic nitrogens is 1. The average Bonchev–Trinajstić information content (AvgIpc) is 2.19. The number of rotatable bonds is 3. The Morgan fingerprint density at radius 3 is 2.41 bits per heavy atom. The van der Waals surface area contributed by atoms with Crippen LogP contribution in [0.1, 0.15) is 25.0 Å². The molecule has 0 atom stereocenters. The van der Waals surface area contributed by atoms with Crippen molar-refractivity contribution < 1.29 is 13.2 Å². The average molecular weight is 267 g/mol. The van der Waals surface area contributed by atoms with E-state index in [1.54, 1.807) is 0 Å². The van der Waals surface area contributed by atoms with E-state index in [-0.39, 0.29) is 10.6 Å². The summed E-state index contributed by atoms with van der Waals surface area (Å²) in [6.07, 6.45) is -3.31. The van der Waals surface area contributed by atoms with Gasteiger partial charge in [0.05, 0.1) is 5.56 Å². The third kappa shape index (κ3) is 3.85. The van der Waals surface area contributed by atoms with Gasteiger partial charge in [-0.25, -0.2) is 4.98 Å². The van der Waals surface area contributed by atoms with E-state index in [9.17, 15) is 13.2 Å². The van der Waals surface area contributed by atoms with Gasteiger partial charge in [-0.1, -0.05) is 25.4 Å². The topological polar surface area (TPSA) is 38.9 Å². The van der Waals surface area contributed by atoms with E-state index in [1.807, 2.05) is 13.8 Å². The van der Waals surface area contributed by atoms with Gasteiger partial charge in [-0.05, 0) is 30.0 Å². The minimum absolute atomic E-state index is 0.0968. The second-order valence-electron chi connectivity index (χ2n) is 4.72. The number of nitrogens with zero attached hydrogens (tertiary/aromatic N) is 1. The molecule has 0 saturated heterocycles. The summed E-state index contributed by atoms with van der Waals surface area (Å²) in [6, 6.07) is 1.03. The zero-order valence-corrected chi connectivity index (χ0v) is 10.4. The minimum atomic E-state index is -4.40. The summed E-state index contributed by atoms with van der Waals surface area (Å²) < 4.78 is 37.5. The van der Waals surface area contributed by atoms with E-state index in [4.69, 9.17) is 17.3 Å². The Morgan fingerprint density at radius 1 is 1.35 bits per heavy atom. The lowest BCUT2D eigenvalue weighted by atomic mass is 9.86. The molecular formula is C11H14ClF3N2. The van der Waals surface area contributed by atoms with Crippen molar-refractivity contribution in [3.8, 4) is 0 Å². The molecule has 0 spiro atoms. The Kier molecular flexibility index (Phi) is 4.04. The highest BCUT2D eigenvalue weighted by Gasteiger charge is 2.32. The molecule has 17 heavy (non-hydrogen) atoms. The van der Waals surface area contributed by atoms with Gasteiger partial charge in [0.2, 0.25) is 0 Å². The van der Waals surface area contributed by atoms with Crippen molar-refractivity contribution in [2.45, 2.75) is 26.4 Å². The van der Waals surface area contributed by atoms with Gasteiger partial charge >= 0.3 is 6.18 Å². The van der Waals surface area contributed by atoms with Gasteiger partial charge in [0, 0.05) is 6.20 Å². The van der Waals surface area contributed by atoms with Gasteiger partial charge in [0.15, 0.2) is 0 Å². The van der Waals surface area contributed by atoms with Crippen LogP contribution in [0.25, 0.3) is 0 Å². The van der Waals surface area contributed by atoms with Crippen molar-refractivity contribution in [3.05, 3.63) is 28.5 Å². The van der Waals surface area contributed by atoms with Crippen molar-refractivity contribution >= 4 is 11.6 Å². The SMILES string of the molecule is CC(C)(CN)Cc1cc(C(F)(F)F)cnc1Cl. The standard InChI is InChI=1S/C11H14ClF3N2/c1-10(2,6-16)4-7-3-8(11(13,14)15)5-17-9(7)12/h3,5H,4,6,16H2,1-2H3. The van der Waals surface area contributed by atoms with Crippen molar-refractivity contribution in [3.63, 3.8) is 0 Å². The predicted molar refractivity (Wildman–Crippen MR) is 60.8 cm³/mol.